The number of rotatable bonds is 9. The molecular weight excluding hydrogens is 601 g/mol. The third kappa shape index (κ3) is 5.48. The molecule has 0 bridgehead atoms. The van der Waals surface area contributed by atoms with Crippen LogP contribution in [0.2, 0.25) is 36.3 Å². The van der Waals surface area contributed by atoms with Gasteiger partial charge in [0.25, 0.3) is 0 Å². The Kier molecular flexibility index (Phi) is 8.90. The van der Waals surface area contributed by atoms with Crippen LogP contribution >= 0.6 is 0 Å². The van der Waals surface area contributed by atoms with E-state index >= 15 is 0 Å². The van der Waals surface area contributed by atoms with Gasteiger partial charge in [-0.1, -0.05) is 53.7 Å². The van der Waals surface area contributed by atoms with Gasteiger partial charge in [0, 0.05) is 30.4 Å². The maximum atomic E-state index is 14.5. The van der Waals surface area contributed by atoms with Crippen LogP contribution in [-0.4, -0.2) is 54.6 Å². The van der Waals surface area contributed by atoms with Crippen LogP contribution in [-0.2, 0) is 34.9 Å². The quantitative estimate of drug-likeness (QED) is 0.197. The Labute approximate surface area is 272 Å². The van der Waals surface area contributed by atoms with E-state index in [4.69, 9.17) is 27.5 Å². The molecule has 0 amide bonds. The van der Waals surface area contributed by atoms with E-state index in [1.165, 1.54) is 0 Å². The average Bonchev–Trinajstić information content (AvgIpc) is 3.54. The van der Waals surface area contributed by atoms with Crippen molar-refractivity contribution in [3.8, 4) is 0 Å². The first-order valence-electron chi connectivity index (χ1n) is 16.7. The summed E-state index contributed by atoms with van der Waals surface area (Å²) in [6, 6.07) is 4.34. The maximum Gasteiger partial charge on any atom is 0.229 e. The summed E-state index contributed by atoms with van der Waals surface area (Å²) in [6.45, 7) is 29.1. The van der Waals surface area contributed by atoms with E-state index in [1.807, 2.05) is 13.8 Å². The lowest BCUT2D eigenvalue weighted by Crippen LogP contribution is -2.59. The normalized spacial score (nSPS) is 27.3. The van der Waals surface area contributed by atoms with Crippen LogP contribution in [0.25, 0.3) is 0 Å². The van der Waals surface area contributed by atoms with Gasteiger partial charge in [-0.05, 0) is 86.6 Å². The number of hydrogen-bond donors (Lipinski definition) is 0. The third-order valence-corrected chi connectivity index (χ3v) is 20.6. The molecule has 7 nitrogen and oxygen atoms in total. The number of carbonyl (C=O) groups excluding carboxylic acids is 1. The molecule has 0 saturated heterocycles. The number of methoxy groups -OCH3 is 1. The molecule has 1 heterocycles. The van der Waals surface area contributed by atoms with E-state index in [0.29, 0.717) is 12.4 Å². The molecule has 0 radical (unpaired) electrons. The molecule has 0 fully saturated rings. The minimum Gasteiger partial charge on any atom is -0.460 e. The predicted octanol–water partition coefficient (Wildman–Crippen LogP) is 9.00. The van der Waals surface area contributed by atoms with Crippen LogP contribution in [0.15, 0.2) is 22.8 Å². The first-order chi connectivity index (χ1) is 20.7. The fourth-order valence-electron chi connectivity index (χ4n) is 7.07. The van der Waals surface area contributed by atoms with Crippen molar-refractivity contribution in [1.82, 2.24) is 0 Å². The molecule has 0 saturated carbocycles. The van der Waals surface area contributed by atoms with Crippen molar-refractivity contribution in [2.24, 2.45) is 0 Å². The second kappa shape index (κ2) is 11.5. The van der Waals surface area contributed by atoms with Gasteiger partial charge in [0.1, 0.15) is 18.3 Å². The fraction of sp³-hybridized carbons (Fsp3) is 0.694. The Morgan fingerprint density at radius 3 is 2.20 bits per heavy atom. The number of hydrogen-bond acceptors (Lipinski definition) is 7. The minimum atomic E-state index is -2.28. The lowest BCUT2D eigenvalue weighted by Gasteiger charge is -2.52. The van der Waals surface area contributed by atoms with Gasteiger partial charge in [0.15, 0.2) is 28.7 Å². The molecule has 45 heavy (non-hydrogen) atoms. The Bertz CT molecular complexity index is 1450. The van der Waals surface area contributed by atoms with Gasteiger partial charge in [-0.2, -0.15) is 0 Å². The molecule has 9 heteroatoms. The summed E-state index contributed by atoms with van der Waals surface area (Å²) >= 11 is 0. The van der Waals surface area contributed by atoms with Crippen LogP contribution in [0.3, 0.4) is 0 Å². The lowest BCUT2D eigenvalue weighted by molar-refractivity contribution is -0.216. The highest BCUT2D eigenvalue weighted by atomic mass is 28.4. The Morgan fingerprint density at radius 1 is 1.00 bits per heavy atom. The Morgan fingerprint density at radius 2 is 1.62 bits per heavy atom. The Hall–Kier alpha value is -1.60. The standard InChI is InChI=1S/C36H56O7Si2/c1-15-39-21(2)41-33-32(38-10)30(43-45(13,14)35(6,7)8)24-20-40-31-28(24)36(33,9)25-18-16-22-23(27(25)29(31)37)17-19-26(22)42-44(11,12)34(3,4)5/h16,18,20-21,26,30,32-33H,15,17,19H2,1-14H3/t21?,26?,30-,32-,33-,36-/m1/s1. The van der Waals surface area contributed by atoms with Crippen LogP contribution in [0.5, 0.6) is 0 Å². The van der Waals surface area contributed by atoms with Crippen LogP contribution in [0.4, 0.5) is 0 Å². The third-order valence-electron chi connectivity index (χ3n) is 11.6. The first-order valence-corrected chi connectivity index (χ1v) is 22.5. The number of fused-ring (bicyclic) bond motifs is 4. The molecule has 2 unspecified atom stereocenters. The van der Waals surface area contributed by atoms with Crippen molar-refractivity contribution < 1.29 is 32.3 Å². The summed E-state index contributed by atoms with van der Waals surface area (Å²) in [5, 5.41) is 0.0611. The maximum absolute atomic E-state index is 14.5. The van der Waals surface area contributed by atoms with Gasteiger partial charge >= 0.3 is 0 Å². The monoisotopic (exact) mass is 656 g/mol. The van der Waals surface area contributed by atoms with Gasteiger partial charge < -0.3 is 27.5 Å². The molecule has 1 aromatic heterocycles. The predicted molar refractivity (Wildman–Crippen MR) is 182 cm³/mol. The van der Waals surface area contributed by atoms with Crippen LogP contribution < -0.4 is 0 Å². The van der Waals surface area contributed by atoms with Gasteiger partial charge in [-0.15, -0.1) is 0 Å². The van der Waals surface area contributed by atoms with E-state index in [2.05, 4.69) is 86.8 Å². The largest absolute Gasteiger partial charge is 0.460 e. The molecule has 0 spiro atoms. The summed E-state index contributed by atoms with van der Waals surface area (Å²) < 4.78 is 39.5. The van der Waals surface area contributed by atoms with Gasteiger partial charge in [-0.25, -0.2) is 0 Å². The zero-order valence-electron chi connectivity index (χ0n) is 30.1. The van der Waals surface area contributed by atoms with Gasteiger partial charge in [-0.3, -0.25) is 4.79 Å². The molecule has 0 N–H and O–H groups in total. The highest BCUT2D eigenvalue weighted by Crippen LogP contribution is 2.58. The van der Waals surface area contributed by atoms with E-state index in [9.17, 15) is 4.79 Å². The number of carbonyl (C=O) groups is 1. The van der Waals surface area contributed by atoms with E-state index in [-0.39, 0.29) is 22.0 Å². The number of furan rings is 1. The molecule has 1 aromatic carbocycles. The van der Waals surface area contributed by atoms with Crippen molar-refractivity contribution >= 4 is 22.4 Å². The molecule has 3 aliphatic carbocycles. The van der Waals surface area contributed by atoms with Gasteiger partial charge in [0.2, 0.25) is 5.78 Å². The average molecular weight is 657 g/mol. The SMILES string of the molecule is CCOC(C)O[C@@H]1[C@H](OC)[C@H](O[Si](C)(C)C(C)(C)C)c2coc3c2[C@@]1(C)c1ccc2c(c1C3=O)CCC2O[Si](C)(C)C(C)(C)C. The number of benzene rings is 1. The van der Waals surface area contributed by atoms with Gasteiger partial charge in [0.05, 0.1) is 17.8 Å². The lowest BCUT2D eigenvalue weighted by atomic mass is 9.59. The molecular formula is C36H56O7Si2. The summed E-state index contributed by atoms with van der Waals surface area (Å²) in [7, 11) is -2.58. The Balaban J connectivity index is 1.69. The van der Waals surface area contributed by atoms with Crippen LogP contribution in [0.1, 0.15) is 125 Å². The van der Waals surface area contributed by atoms with E-state index < -0.39 is 46.7 Å². The van der Waals surface area contributed by atoms with E-state index in [0.717, 1.165) is 46.2 Å². The topological polar surface area (TPSA) is 76.4 Å². The second-order valence-corrected chi connectivity index (χ2v) is 26.0. The van der Waals surface area contributed by atoms with Crippen molar-refractivity contribution in [2.75, 3.05) is 13.7 Å². The molecule has 3 aliphatic rings. The summed E-state index contributed by atoms with van der Waals surface area (Å²) in [4.78, 5) is 14.5. The molecule has 5 rings (SSSR count). The van der Waals surface area contributed by atoms with Crippen molar-refractivity contribution in [3.63, 3.8) is 0 Å². The fourth-order valence-corrected chi connectivity index (χ4v) is 9.63. The zero-order valence-corrected chi connectivity index (χ0v) is 32.1. The molecule has 0 aliphatic heterocycles. The molecule has 2 aromatic rings. The first kappa shape index (κ1) is 34.7. The van der Waals surface area contributed by atoms with E-state index in [1.54, 1.807) is 13.4 Å². The molecule has 6 atom stereocenters. The summed E-state index contributed by atoms with van der Waals surface area (Å²) in [5.74, 6) is 0.324. The molecule has 250 valence electrons. The minimum absolute atomic E-state index is 0.0224. The zero-order chi connectivity index (χ0) is 33.5. The summed E-state index contributed by atoms with van der Waals surface area (Å²) in [5.41, 5.74) is 4.90. The highest BCUT2D eigenvalue weighted by Gasteiger charge is 2.60. The number of ketones is 1. The smallest absolute Gasteiger partial charge is 0.229 e. The van der Waals surface area contributed by atoms with Crippen LogP contribution in [0, 0.1) is 0 Å². The highest BCUT2D eigenvalue weighted by molar-refractivity contribution is 6.74. The van der Waals surface area contributed by atoms with Crippen molar-refractivity contribution in [3.05, 3.63) is 57.5 Å². The van der Waals surface area contributed by atoms with Crippen molar-refractivity contribution in [2.45, 2.75) is 148 Å². The number of ether oxygens (including phenoxy) is 3. The second-order valence-electron chi connectivity index (χ2n) is 16.5. The summed E-state index contributed by atoms with van der Waals surface area (Å²) in [6.07, 6.45) is 1.45. The van der Waals surface area contributed by atoms with Crippen molar-refractivity contribution in [1.29, 1.82) is 0 Å².